The average Bonchev–Trinajstić information content (AvgIpc) is 3.29. The van der Waals surface area contributed by atoms with Crippen LogP contribution in [0.2, 0.25) is 10.0 Å². The lowest BCUT2D eigenvalue weighted by Crippen LogP contribution is -2.25. The lowest BCUT2D eigenvalue weighted by molar-refractivity contribution is -0.121. The molecule has 0 unspecified atom stereocenters. The van der Waals surface area contributed by atoms with Gasteiger partial charge in [0.2, 0.25) is 17.6 Å². The van der Waals surface area contributed by atoms with Crippen molar-refractivity contribution in [2.45, 2.75) is 25.7 Å². The summed E-state index contributed by atoms with van der Waals surface area (Å²) in [6, 6.07) is 12.3. The number of aromatic nitrogens is 4. The number of aryl methyl sites for hydroxylation is 1. The van der Waals surface area contributed by atoms with Gasteiger partial charge in [-0.1, -0.05) is 46.6 Å². The van der Waals surface area contributed by atoms with Gasteiger partial charge in [0.15, 0.2) is 5.82 Å². The molecule has 34 heavy (non-hydrogen) atoms. The second-order valence-corrected chi connectivity index (χ2v) is 8.47. The maximum Gasteiger partial charge on any atom is 0.272 e. The van der Waals surface area contributed by atoms with Crippen LogP contribution in [0.4, 0.5) is 5.82 Å². The minimum Gasteiger partial charge on any atom is -0.368 e. The van der Waals surface area contributed by atoms with Crippen molar-refractivity contribution in [1.82, 2.24) is 25.7 Å². The van der Waals surface area contributed by atoms with Gasteiger partial charge in [0, 0.05) is 46.9 Å². The Labute approximate surface area is 204 Å². The molecule has 2 heterocycles. The molecule has 1 amide bonds. The van der Waals surface area contributed by atoms with Crippen LogP contribution in [0, 0.1) is 0 Å². The quantitative estimate of drug-likeness (QED) is 0.278. The summed E-state index contributed by atoms with van der Waals surface area (Å²) in [6.45, 7) is 1.12. The molecule has 11 heteroatoms. The third kappa shape index (κ3) is 6.12. The van der Waals surface area contributed by atoms with Crippen LogP contribution in [0.5, 0.6) is 0 Å². The fourth-order valence-electron chi connectivity index (χ4n) is 3.42. The molecule has 2 aromatic heterocycles. The van der Waals surface area contributed by atoms with E-state index in [9.17, 15) is 9.59 Å². The molecule has 4 aromatic rings. The van der Waals surface area contributed by atoms with E-state index < -0.39 is 0 Å². The molecular formula is C23H22Cl2N6O3. The number of benzene rings is 2. The molecule has 0 fully saturated rings. The van der Waals surface area contributed by atoms with Crippen LogP contribution < -0.4 is 16.2 Å². The number of hydrogen-bond acceptors (Lipinski definition) is 7. The Morgan fingerprint density at radius 2 is 1.79 bits per heavy atom. The second-order valence-electron chi connectivity index (χ2n) is 7.60. The number of nitrogens with one attached hydrogen (secondary N) is 3. The first-order valence-corrected chi connectivity index (χ1v) is 11.5. The summed E-state index contributed by atoms with van der Waals surface area (Å²) in [5.41, 5.74) is 0.447. The first-order chi connectivity index (χ1) is 16.5. The molecule has 2 aromatic carbocycles. The summed E-state index contributed by atoms with van der Waals surface area (Å²) in [5, 5.41) is 18.9. The van der Waals surface area contributed by atoms with E-state index in [1.807, 2.05) is 18.2 Å². The molecule has 0 spiro atoms. The van der Waals surface area contributed by atoms with Crippen molar-refractivity contribution in [2.24, 2.45) is 0 Å². The van der Waals surface area contributed by atoms with Crippen molar-refractivity contribution < 1.29 is 9.32 Å². The van der Waals surface area contributed by atoms with E-state index in [2.05, 4.69) is 31.0 Å². The van der Waals surface area contributed by atoms with E-state index in [0.717, 1.165) is 5.39 Å². The van der Waals surface area contributed by atoms with Crippen LogP contribution in [-0.2, 0) is 11.2 Å². The highest BCUT2D eigenvalue weighted by Crippen LogP contribution is 2.25. The average molecular weight is 501 g/mol. The summed E-state index contributed by atoms with van der Waals surface area (Å²) in [4.78, 5) is 28.3. The number of aromatic amines is 1. The molecule has 3 N–H and O–H groups in total. The minimum absolute atomic E-state index is 0.0472. The number of fused-ring (bicyclic) bond motifs is 1. The van der Waals surface area contributed by atoms with Gasteiger partial charge in [-0.25, -0.2) is 5.10 Å². The number of anilines is 1. The molecule has 0 bridgehead atoms. The Bertz CT molecular complexity index is 1330. The third-order valence-electron chi connectivity index (χ3n) is 5.05. The zero-order chi connectivity index (χ0) is 23.9. The van der Waals surface area contributed by atoms with Crippen LogP contribution in [0.3, 0.4) is 0 Å². The lowest BCUT2D eigenvalue weighted by Gasteiger charge is -2.08. The summed E-state index contributed by atoms with van der Waals surface area (Å²) < 4.78 is 5.26. The van der Waals surface area contributed by atoms with E-state index in [4.69, 9.17) is 27.7 Å². The molecule has 9 nitrogen and oxygen atoms in total. The van der Waals surface area contributed by atoms with Crippen LogP contribution in [0.15, 0.2) is 51.8 Å². The largest absolute Gasteiger partial charge is 0.368 e. The Balaban J connectivity index is 1.16. The van der Waals surface area contributed by atoms with Crippen molar-refractivity contribution in [2.75, 3.05) is 18.4 Å². The van der Waals surface area contributed by atoms with Gasteiger partial charge in [0.25, 0.3) is 5.56 Å². The van der Waals surface area contributed by atoms with E-state index in [-0.39, 0.29) is 11.5 Å². The molecule has 0 saturated heterocycles. The van der Waals surface area contributed by atoms with E-state index in [0.29, 0.717) is 77.3 Å². The van der Waals surface area contributed by atoms with Gasteiger partial charge in [-0.15, -0.1) is 0 Å². The smallest absolute Gasteiger partial charge is 0.272 e. The minimum atomic E-state index is -0.223. The zero-order valence-corrected chi connectivity index (χ0v) is 19.6. The Morgan fingerprint density at radius 3 is 2.59 bits per heavy atom. The van der Waals surface area contributed by atoms with Gasteiger partial charge in [-0.3, -0.25) is 9.59 Å². The Morgan fingerprint density at radius 1 is 1.03 bits per heavy atom. The standard InChI is InChI=1S/C23H22Cl2N6O3/c24-15-11-14(12-16(25)13-15)21-28-20(34-31-21)8-3-7-19(32)26-9-4-10-27-22-17-5-1-2-6-18(17)23(33)30-29-22/h1-2,5-6,11-13H,3-4,7-10H2,(H,26,32)(H,27,29)(H,30,33). The van der Waals surface area contributed by atoms with Crippen molar-refractivity contribution in [3.05, 3.63) is 68.8 Å². The number of hydrogen-bond donors (Lipinski definition) is 3. The highest BCUT2D eigenvalue weighted by Gasteiger charge is 2.11. The maximum absolute atomic E-state index is 12.1. The highest BCUT2D eigenvalue weighted by molar-refractivity contribution is 6.35. The topological polar surface area (TPSA) is 126 Å². The maximum atomic E-state index is 12.1. The molecule has 0 aliphatic heterocycles. The van der Waals surface area contributed by atoms with Crippen LogP contribution in [0.25, 0.3) is 22.2 Å². The third-order valence-corrected chi connectivity index (χ3v) is 5.48. The number of H-pyrrole nitrogens is 1. The molecule has 0 radical (unpaired) electrons. The number of carbonyl (C=O) groups is 1. The zero-order valence-electron chi connectivity index (χ0n) is 18.1. The number of rotatable bonds is 10. The van der Waals surface area contributed by atoms with Gasteiger partial charge in [-0.05, 0) is 37.1 Å². The second kappa shape index (κ2) is 11.1. The van der Waals surface area contributed by atoms with Crippen molar-refractivity contribution in [1.29, 1.82) is 0 Å². The van der Waals surface area contributed by atoms with Gasteiger partial charge >= 0.3 is 0 Å². The van der Waals surface area contributed by atoms with Crippen LogP contribution in [0.1, 0.15) is 25.2 Å². The normalized spacial score (nSPS) is 11.0. The fraction of sp³-hybridized carbons (Fsp3) is 0.261. The molecule has 0 saturated carbocycles. The molecular weight excluding hydrogens is 479 g/mol. The molecule has 0 aliphatic carbocycles. The predicted molar refractivity (Wildman–Crippen MR) is 131 cm³/mol. The Kier molecular flexibility index (Phi) is 7.76. The number of carbonyl (C=O) groups excluding carboxylic acids is 1. The first kappa shape index (κ1) is 23.7. The van der Waals surface area contributed by atoms with E-state index in [1.165, 1.54) is 0 Å². The summed E-state index contributed by atoms with van der Waals surface area (Å²) >= 11 is 12.0. The van der Waals surface area contributed by atoms with Crippen LogP contribution >= 0.6 is 23.2 Å². The van der Waals surface area contributed by atoms with E-state index in [1.54, 1.807) is 24.3 Å². The summed E-state index contributed by atoms with van der Waals surface area (Å²) in [7, 11) is 0. The van der Waals surface area contributed by atoms with Crippen molar-refractivity contribution in [3.63, 3.8) is 0 Å². The Hall–Kier alpha value is -3.43. The SMILES string of the molecule is O=C(CCCc1nc(-c2cc(Cl)cc(Cl)c2)no1)NCCCNc1n[nH]c(=O)c2ccccc12. The van der Waals surface area contributed by atoms with Crippen molar-refractivity contribution in [3.8, 4) is 11.4 Å². The molecule has 0 atom stereocenters. The lowest BCUT2D eigenvalue weighted by atomic mass is 10.2. The van der Waals surface area contributed by atoms with Gasteiger partial charge in [-0.2, -0.15) is 10.1 Å². The highest BCUT2D eigenvalue weighted by atomic mass is 35.5. The number of nitrogens with zero attached hydrogens (tertiary/aromatic N) is 3. The van der Waals surface area contributed by atoms with Gasteiger partial charge < -0.3 is 15.2 Å². The fourth-order valence-corrected chi connectivity index (χ4v) is 3.94. The van der Waals surface area contributed by atoms with Gasteiger partial charge in [0.05, 0.1) is 5.39 Å². The summed E-state index contributed by atoms with van der Waals surface area (Å²) in [6.07, 6.45) is 2.12. The predicted octanol–water partition coefficient (Wildman–Crippen LogP) is 4.22. The van der Waals surface area contributed by atoms with Crippen molar-refractivity contribution >= 4 is 45.7 Å². The van der Waals surface area contributed by atoms with Crippen LogP contribution in [-0.4, -0.2) is 39.3 Å². The molecule has 0 aliphatic rings. The monoisotopic (exact) mass is 500 g/mol. The number of amides is 1. The molecule has 4 rings (SSSR count). The summed E-state index contributed by atoms with van der Waals surface area (Å²) in [5.74, 6) is 1.42. The van der Waals surface area contributed by atoms with Gasteiger partial charge in [0.1, 0.15) is 0 Å². The molecule has 176 valence electrons. The van der Waals surface area contributed by atoms with E-state index >= 15 is 0 Å². The first-order valence-electron chi connectivity index (χ1n) is 10.8. The number of halogens is 2.